The molecule has 0 aromatic heterocycles. The zero-order chi connectivity index (χ0) is 31.9. The normalized spacial score (nSPS) is 31.0. The molecule has 2 bridgehead atoms. The maximum atomic E-state index is 15.1. The summed E-state index contributed by atoms with van der Waals surface area (Å²) in [5.41, 5.74) is 0.526. The topological polar surface area (TPSA) is 73.4 Å². The third-order valence-electron chi connectivity index (χ3n) is 11.6. The summed E-state index contributed by atoms with van der Waals surface area (Å²) in [5.74, 6) is -0.675. The maximum absolute atomic E-state index is 15.1. The minimum atomic E-state index is -3.34. The van der Waals surface area contributed by atoms with E-state index >= 15 is 4.39 Å². The van der Waals surface area contributed by atoms with E-state index in [-0.39, 0.29) is 42.0 Å². The van der Waals surface area contributed by atoms with E-state index in [4.69, 9.17) is 4.74 Å². The number of morpholine rings is 1. The molecule has 1 aromatic rings. The Labute approximate surface area is 268 Å². The summed E-state index contributed by atoms with van der Waals surface area (Å²) in [6, 6.07) is 4.58. The number of amides is 1. The molecule has 3 heterocycles. The van der Waals surface area contributed by atoms with Crippen LogP contribution in [0.25, 0.3) is 0 Å². The van der Waals surface area contributed by atoms with Gasteiger partial charge in [0.15, 0.2) is 0 Å². The van der Waals surface area contributed by atoms with Crippen molar-refractivity contribution >= 4 is 15.9 Å². The first-order chi connectivity index (χ1) is 21.5. The molecule has 252 valence electrons. The molecule has 5 aliphatic rings. The van der Waals surface area contributed by atoms with Crippen molar-refractivity contribution in [3.63, 3.8) is 0 Å². The van der Waals surface area contributed by atoms with Crippen molar-refractivity contribution in [2.24, 2.45) is 11.8 Å². The average Bonchev–Trinajstić information content (AvgIpc) is 3.74. The number of likely N-dealkylation sites (tertiary alicyclic amines) is 1. The van der Waals surface area contributed by atoms with Gasteiger partial charge in [-0.2, -0.15) is 4.31 Å². The number of hydrogen-bond acceptors (Lipinski definition) is 6. The van der Waals surface area contributed by atoms with Crippen LogP contribution in [-0.4, -0.2) is 116 Å². The van der Waals surface area contributed by atoms with Gasteiger partial charge in [-0.15, -0.1) is 0 Å². The number of benzene rings is 1. The molecule has 2 aliphatic carbocycles. The van der Waals surface area contributed by atoms with Crippen molar-refractivity contribution in [2.75, 3.05) is 52.1 Å². The zero-order valence-electron chi connectivity index (χ0n) is 27.3. The monoisotopic (exact) mass is 650 g/mol. The highest BCUT2D eigenvalue weighted by Gasteiger charge is 2.48. The van der Waals surface area contributed by atoms with Gasteiger partial charge in [-0.3, -0.25) is 14.6 Å². The smallest absolute Gasteiger partial charge is 0.222 e. The fourth-order valence-corrected chi connectivity index (χ4v) is 10.5. The van der Waals surface area contributed by atoms with Crippen LogP contribution in [0, 0.1) is 23.5 Å². The minimum absolute atomic E-state index is 0.00937. The van der Waals surface area contributed by atoms with Crippen LogP contribution in [0.4, 0.5) is 8.78 Å². The standard InChI is InChI=1S/C34H52F2N4O4S/c1-23(2)40(45(3,42)43)21-33(24-7-5-4-6-8-24)37-11-13-38(14-12-37)34(41)16-25-15-27(39-20-29-18-28(39)22-44-29)19-31(25)30-10-9-26(35)17-32(30)36/h9-10,17,23-25,27-29,31,33H,4-8,11-16,18-22H2,1-3H3/t25-,27?,28-,29-,31+,33?/m0/s1. The van der Waals surface area contributed by atoms with Crippen LogP contribution in [-0.2, 0) is 19.6 Å². The number of carbonyl (C=O) groups is 1. The zero-order valence-corrected chi connectivity index (χ0v) is 28.1. The molecule has 2 saturated carbocycles. The first-order valence-electron chi connectivity index (χ1n) is 17.3. The molecular weight excluding hydrogens is 598 g/mol. The Bertz CT molecular complexity index is 1300. The maximum Gasteiger partial charge on any atom is 0.222 e. The van der Waals surface area contributed by atoms with Crippen LogP contribution in [0.5, 0.6) is 0 Å². The van der Waals surface area contributed by atoms with E-state index < -0.39 is 21.7 Å². The second kappa shape index (κ2) is 13.8. The van der Waals surface area contributed by atoms with Crippen LogP contribution < -0.4 is 0 Å². The first-order valence-corrected chi connectivity index (χ1v) is 19.1. The molecule has 0 N–H and O–H groups in total. The van der Waals surface area contributed by atoms with E-state index in [1.807, 2.05) is 18.7 Å². The van der Waals surface area contributed by atoms with Gasteiger partial charge < -0.3 is 9.64 Å². The van der Waals surface area contributed by atoms with E-state index in [2.05, 4.69) is 9.80 Å². The van der Waals surface area contributed by atoms with Crippen LogP contribution in [0.1, 0.15) is 83.1 Å². The highest BCUT2D eigenvalue weighted by atomic mass is 32.2. The highest BCUT2D eigenvalue weighted by molar-refractivity contribution is 7.88. The number of halogens is 2. The van der Waals surface area contributed by atoms with Gasteiger partial charge in [-0.05, 0) is 75.3 Å². The Morgan fingerprint density at radius 1 is 1.02 bits per heavy atom. The third kappa shape index (κ3) is 7.42. The van der Waals surface area contributed by atoms with Gasteiger partial charge in [0.05, 0.1) is 19.0 Å². The second-order valence-electron chi connectivity index (χ2n) is 14.7. The SMILES string of the molecule is CC(C)N(CC(C1CCCCC1)N1CCN(C(=O)C[C@@H]2CC(N3C[C@@H]4C[C@H]3CO4)C[C@H]2c2ccc(F)cc2F)CC1)S(C)(=O)=O. The number of rotatable bonds is 10. The van der Waals surface area contributed by atoms with Crippen molar-refractivity contribution in [1.82, 2.24) is 19.0 Å². The number of sulfonamides is 1. The Balaban J connectivity index is 1.12. The number of fused-ring (bicyclic) bond motifs is 2. The highest BCUT2D eigenvalue weighted by Crippen LogP contribution is 2.47. The van der Waals surface area contributed by atoms with E-state index in [0.717, 1.165) is 64.4 Å². The number of hydrogen-bond donors (Lipinski definition) is 0. The van der Waals surface area contributed by atoms with Gasteiger partial charge in [0, 0.05) is 75.9 Å². The molecule has 3 aliphatic heterocycles. The van der Waals surface area contributed by atoms with Crippen LogP contribution in [0.2, 0.25) is 0 Å². The van der Waals surface area contributed by atoms with Gasteiger partial charge >= 0.3 is 0 Å². The Morgan fingerprint density at radius 3 is 2.36 bits per heavy atom. The Kier molecular flexibility index (Phi) is 10.2. The van der Waals surface area contributed by atoms with Gasteiger partial charge in [-0.1, -0.05) is 25.3 Å². The molecule has 6 rings (SSSR count). The molecule has 1 amide bonds. The second-order valence-corrected chi connectivity index (χ2v) is 16.6. The average molecular weight is 651 g/mol. The molecule has 0 spiro atoms. The third-order valence-corrected chi connectivity index (χ3v) is 13.0. The molecule has 6 atom stereocenters. The lowest BCUT2D eigenvalue weighted by molar-refractivity contribution is -0.134. The van der Waals surface area contributed by atoms with Crippen molar-refractivity contribution in [3.05, 3.63) is 35.4 Å². The molecule has 3 saturated heterocycles. The van der Waals surface area contributed by atoms with Gasteiger partial charge in [0.2, 0.25) is 15.9 Å². The summed E-state index contributed by atoms with van der Waals surface area (Å²) in [7, 11) is -3.34. The molecule has 1 aromatic carbocycles. The van der Waals surface area contributed by atoms with Crippen LogP contribution in [0.15, 0.2) is 18.2 Å². The number of nitrogens with zero attached hydrogens (tertiary/aromatic N) is 4. The molecule has 8 nitrogen and oxygen atoms in total. The molecule has 45 heavy (non-hydrogen) atoms. The van der Waals surface area contributed by atoms with Crippen LogP contribution >= 0.6 is 0 Å². The predicted octanol–water partition coefficient (Wildman–Crippen LogP) is 4.45. The summed E-state index contributed by atoms with van der Waals surface area (Å²) in [5, 5.41) is 0. The lowest BCUT2D eigenvalue weighted by atomic mass is 9.82. The predicted molar refractivity (Wildman–Crippen MR) is 170 cm³/mol. The van der Waals surface area contributed by atoms with Crippen molar-refractivity contribution < 1.29 is 26.7 Å². The summed E-state index contributed by atoms with van der Waals surface area (Å²) < 4.78 is 61.8. The van der Waals surface area contributed by atoms with Gasteiger partial charge in [-0.25, -0.2) is 17.2 Å². The molecule has 11 heteroatoms. The van der Waals surface area contributed by atoms with E-state index in [9.17, 15) is 17.6 Å². The summed E-state index contributed by atoms with van der Waals surface area (Å²) in [6.07, 6.45) is 10.4. The summed E-state index contributed by atoms with van der Waals surface area (Å²) in [4.78, 5) is 20.8. The molecule has 5 fully saturated rings. The molecule has 0 radical (unpaired) electrons. The fourth-order valence-electron chi connectivity index (χ4n) is 9.30. The number of piperazine rings is 1. The number of ether oxygens (including phenoxy) is 1. The fraction of sp³-hybridized carbons (Fsp3) is 0.794. The summed E-state index contributed by atoms with van der Waals surface area (Å²) >= 11 is 0. The minimum Gasteiger partial charge on any atom is -0.375 e. The van der Waals surface area contributed by atoms with Gasteiger partial charge in [0.25, 0.3) is 0 Å². The summed E-state index contributed by atoms with van der Waals surface area (Å²) in [6.45, 7) is 8.69. The molecular formula is C34H52F2N4O4S. The van der Waals surface area contributed by atoms with Gasteiger partial charge in [0.1, 0.15) is 11.6 Å². The van der Waals surface area contributed by atoms with E-state index in [0.29, 0.717) is 43.6 Å². The van der Waals surface area contributed by atoms with Crippen molar-refractivity contribution in [2.45, 2.75) is 108 Å². The largest absolute Gasteiger partial charge is 0.375 e. The molecule has 2 unspecified atom stereocenters. The Hall–Kier alpha value is -1.66. The quantitative estimate of drug-likeness (QED) is 0.373. The van der Waals surface area contributed by atoms with Crippen molar-refractivity contribution in [3.8, 4) is 0 Å². The number of carbonyl (C=O) groups excluding carboxylic acids is 1. The first kappa shape index (κ1) is 33.2. The van der Waals surface area contributed by atoms with Crippen LogP contribution in [0.3, 0.4) is 0 Å². The Morgan fingerprint density at radius 2 is 1.76 bits per heavy atom. The lowest BCUT2D eigenvalue weighted by Gasteiger charge is -2.45. The lowest BCUT2D eigenvalue weighted by Crippen LogP contribution is -2.58. The van der Waals surface area contributed by atoms with Crippen molar-refractivity contribution in [1.29, 1.82) is 0 Å². The van der Waals surface area contributed by atoms with E-state index in [1.165, 1.54) is 31.6 Å². The van der Waals surface area contributed by atoms with E-state index in [1.54, 1.807) is 10.4 Å².